The summed E-state index contributed by atoms with van der Waals surface area (Å²) in [5.74, 6) is 0.0731. The van der Waals surface area contributed by atoms with Gasteiger partial charge in [0, 0.05) is 34.5 Å². The van der Waals surface area contributed by atoms with Crippen LogP contribution in [0.2, 0.25) is 0 Å². The summed E-state index contributed by atoms with van der Waals surface area (Å²) in [6, 6.07) is 5.57. The Kier molecular flexibility index (Phi) is 4.28. The van der Waals surface area contributed by atoms with Gasteiger partial charge in [-0.2, -0.15) is 0 Å². The van der Waals surface area contributed by atoms with Gasteiger partial charge >= 0.3 is 0 Å². The van der Waals surface area contributed by atoms with E-state index in [0.717, 1.165) is 29.0 Å². The summed E-state index contributed by atoms with van der Waals surface area (Å²) in [4.78, 5) is 17.6. The van der Waals surface area contributed by atoms with Crippen LogP contribution in [-0.2, 0) is 0 Å². The van der Waals surface area contributed by atoms with Crippen LogP contribution < -0.4 is 0 Å². The molecule has 1 fully saturated rings. The van der Waals surface area contributed by atoms with E-state index in [1.54, 1.807) is 0 Å². The molecule has 1 aromatic rings. The summed E-state index contributed by atoms with van der Waals surface area (Å²) in [5.41, 5.74) is 0.701. The van der Waals surface area contributed by atoms with Gasteiger partial charge in [0.1, 0.15) is 0 Å². The van der Waals surface area contributed by atoms with Gasteiger partial charge in [-0.3, -0.25) is 9.69 Å². The predicted molar refractivity (Wildman–Crippen MR) is 84.0 cm³/mol. The van der Waals surface area contributed by atoms with E-state index in [1.165, 1.54) is 0 Å². The number of piperazine rings is 1. The van der Waals surface area contributed by atoms with Gasteiger partial charge in [-0.1, -0.05) is 0 Å². The Hall–Kier alpha value is -0.520. The summed E-state index contributed by atoms with van der Waals surface area (Å²) < 4.78 is 0.826. The molecule has 0 saturated carbocycles. The summed E-state index contributed by atoms with van der Waals surface area (Å²) in [6.45, 7) is 6.73. The van der Waals surface area contributed by atoms with Crippen LogP contribution in [0.4, 0.5) is 0 Å². The highest BCUT2D eigenvalue weighted by atomic mass is 79.9. The van der Waals surface area contributed by atoms with Crippen molar-refractivity contribution in [3.8, 4) is 0 Å². The number of likely N-dealkylation sites (N-methyl/N-ethyl adjacent to an activating group) is 1. The standard InChI is InChI=1S/C14H19BrN2OS/c1-14(2)9-17(7-6-16(14)3)13(18)11-8-10(19)4-5-12(11)15/h4-5,8,19H,6-7,9H2,1-3H3. The molecular weight excluding hydrogens is 324 g/mol. The maximum Gasteiger partial charge on any atom is 0.255 e. The quantitative estimate of drug-likeness (QED) is 0.793. The molecule has 0 unspecified atom stereocenters. The number of halogens is 1. The number of carbonyl (C=O) groups excluding carboxylic acids is 1. The number of amides is 1. The van der Waals surface area contributed by atoms with Crippen molar-refractivity contribution >= 4 is 34.5 Å². The molecule has 0 atom stereocenters. The van der Waals surface area contributed by atoms with Gasteiger partial charge in [-0.05, 0) is 55.0 Å². The first kappa shape index (κ1) is 14.9. The highest BCUT2D eigenvalue weighted by Crippen LogP contribution is 2.25. The molecule has 1 amide bonds. The lowest BCUT2D eigenvalue weighted by Gasteiger charge is -2.45. The van der Waals surface area contributed by atoms with Crippen molar-refractivity contribution in [2.24, 2.45) is 0 Å². The number of carbonyl (C=O) groups is 1. The molecule has 2 rings (SSSR count). The van der Waals surface area contributed by atoms with E-state index in [0.29, 0.717) is 5.56 Å². The van der Waals surface area contributed by atoms with Gasteiger partial charge < -0.3 is 4.90 Å². The Morgan fingerprint density at radius 3 is 2.68 bits per heavy atom. The number of thiol groups is 1. The maximum atomic E-state index is 12.6. The van der Waals surface area contributed by atoms with Crippen molar-refractivity contribution in [3.63, 3.8) is 0 Å². The molecule has 1 heterocycles. The van der Waals surface area contributed by atoms with Crippen LogP contribution in [0.5, 0.6) is 0 Å². The lowest BCUT2D eigenvalue weighted by atomic mass is 9.99. The fourth-order valence-corrected chi connectivity index (χ4v) is 2.88. The SMILES string of the molecule is CN1CCN(C(=O)c2cc(S)ccc2Br)CC1(C)C. The molecule has 1 aliphatic rings. The number of rotatable bonds is 1. The van der Waals surface area contributed by atoms with E-state index < -0.39 is 0 Å². The van der Waals surface area contributed by atoms with Gasteiger partial charge in [0.15, 0.2) is 0 Å². The summed E-state index contributed by atoms with van der Waals surface area (Å²) >= 11 is 7.75. The third kappa shape index (κ3) is 3.15. The fourth-order valence-electron chi connectivity index (χ4n) is 2.26. The molecule has 0 bridgehead atoms. The van der Waals surface area contributed by atoms with Gasteiger partial charge in [0.2, 0.25) is 0 Å². The monoisotopic (exact) mass is 342 g/mol. The Balaban J connectivity index is 2.23. The zero-order valence-corrected chi connectivity index (χ0v) is 14.0. The average Bonchev–Trinajstić information content (AvgIpc) is 2.35. The number of nitrogens with zero attached hydrogens (tertiary/aromatic N) is 2. The zero-order valence-electron chi connectivity index (χ0n) is 11.5. The van der Waals surface area contributed by atoms with E-state index in [1.807, 2.05) is 23.1 Å². The second kappa shape index (κ2) is 5.46. The minimum Gasteiger partial charge on any atom is -0.335 e. The van der Waals surface area contributed by atoms with Gasteiger partial charge in [0.25, 0.3) is 5.91 Å². The van der Waals surface area contributed by atoms with Crippen LogP contribution in [0, 0.1) is 0 Å². The smallest absolute Gasteiger partial charge is 0.255 e. The lowest BCUT2D eigenvalue weighted by molar-refractivity contribution is 0.0310. The second-order valence-electron chi connectivity index (χ2n) is 5.62. The maximum absolute atomic E-state index is 12.6. The molecule has 3 nitrogen and oxygen atoms in total. The van der Waals surface area contributed by atoms with E-state index in [2.05, 4.69) is 54.4 Å². The van der Waals surface area contributed by atoms with Gasteiger partial charge in [-0.15, -0.1) is 12.6 Å². The first-order chi connectivity index (χ1) is 8.81. The number of hydrogen-bond acceptors (Lipinski definition) is 3. The van der Waals surface area contributed by atoms with Crippen molar-refractivity contribution in [3.05, 3.63) is 28.2 Å². The molecule has 0 N–H and O–H groups in total. The van der Waals surface area contributed by atoms with Crippen LogP contribution in [0.25, 0.3) is 0 Å². The van der Waals surface area contributed by atoms with E-state index in [9.17, 15) is 4.79 Å². The van der Waals surface area contributed by atoms with E-state index >= 15 is 0 Å². The predicted octanol–water partition coefficient (Wildman–Crippen LogP) is 2.90. The van der Waals surface area contributed by atoms with Crippen LogP contribution in [0.15, 0.2) is 27.6 Å². The topological polar surface area (TPSA) is 23.6 Å². The first-order valence-corrected chi connectivity index (χ1v) is 7.54. The van der Waals surface area contributed by atoms with Crippen molar-refractivity contribution in [1.29, 1.82) is 0 Å². The molecule has 0 aliphatic carbocycles. The summed E-state index contributed by atoms with van der Waals surface area (Å²) in [6.07, 6.45) is 0. The first-order valence-electron chi connectivity index (χ1n) is 6.30. The molecule has 1 aliphatic heterocycles. The van der Waals surface area contributed by atoms with Crippen molar-refractivity contribution in [2.45, 2.75) is 24.3 Å². The highest BCUT2D eigenvalue weighted by molar-refractivity contribution is 9.10. The summed E-state index contributed by atoms with van der Waals surface area (Å²) in [5, 5.41) is 0. The largest absolute Gasteiger partial charge is 0.335 e. The van der Waals surface area contributed by atoms with Crippen LogP contribution in [-0.4, -0.2) is 47.9 Å². The van der Waals surface area contributed by atoms with Crippen LogP contribution in [0.1, 0.15) is 24.2 Å². The molecule has 0 spiro atoms. The van der Waals surface area contributed by atoms with Crippen molar-refractivity contribution in [1.82, 2.24) is 9.80 Å². The highest BCUT2D eigenvalue weighted by Gasteiger charge is 2.33. The Morgan fingerprint density at radius 1 is 1.37 bits per heavy atom. The molecule has 0 radical (unpaired) electrons. The normalized spacial score (nSPS) is 19.5. The van der Waals surface area contributed by atoms with Crippen molar-refractivity contribution < 1.29 is 4.79 Å². The van der Waals surface area contributed by atoms with E-state index in [4.69, 9.17) is 0 Å². The molecule has 5 heteroatoms. The minimum absolute atomic E-state index is 0.0129. The summed E-state index contributed by atoms with van der Waals surface area (Å²) in [7, 11) is 2.10. The Bertz CT molecular complexity index is 504. The number of hydrogen-bond donors (Lipinski definition) is 1. The molecule has 0 aromatic heterocycles. The Labute approximate surface area is 128 Å². The minimum atomic E-state index is 0.0129. The van der Waals surface area contributed by atoms with Gasteiger partial charge in [-0.25, -0.2) is 0 Å². The third-order valence-electron chi connectivity index (χ3n) is 3.78. The second-order valence-corrected chi connectivity index (χ2v) is 7.00. The fraction of sp³-hybridized carbons (Fsp3) is 0.500. The van der Waals surface area contributed by atoms with Crippen molar-refractivity contribution in [2.75, 3.05) is 26.7 Å². The average molecular weight is 343 g/mol. The zero-order chi connectivity index (χ0) is 14.2. The van der Waals surface area contributed by atoms with Crippen LogP contribution in [0.3, 0.4) is 0 Å². The molecular formula is C14H19BrN2OS. The lowest BCUT2D eigenvalue weighted by Crippen LogP contribution is -2.58. The molecule has 19 heavy (non-hydrogen) atoms. The van der Waals surface area contributed by atoms with E-state index in [-0.39, 0.29) is 11.4 Å². The Morgan fingerprint density at radius 2 is 2.05 bits per heavy atom. The molecule has 104 valence electrons. The van der Waals surface area contributed by atoms with Crippen LogP contribution >= 0.6 is 28.6 Å². The number of benzene rings is 1. The third-order valence-corrected chi connectivity index (χ3v) is 4.75. The van der Waals surface area contributed by atoms with Gasteiger partial charge in [0.05, 0.1) is 5.56 Å². The molecule has 1 aromatic carbocycles. The molecule has 1 saturated heterocycles.